The van der Waals surface area contributed by atoms with Crippen molar-refractivity contribution in [1.29, 1.82) is 0 Å². The summed E-state index contributed by atoms with van der Waals surface area (Å²) >= 11 is 1.57. The molecule has 0 aliphatic heterocycles. The number of nitrogens with one attached hydrogen (secondary N) is 1. The fourth-order valence-electron chi connectivity index (χ4n) is 2.76. The van der Waals surface area contributed by atoms with Gasteiger partial charge in [-0.3, -0.25) is 4.79 Å². The minimum atomic E-state index is -0.267. The van der Waals surface area contributed by atoms with E-state index in [2.05, 4.69) is 20.5 Å². The first-order valence-corrected chi connectivity index (χ1v) is 10.6. The average molecular weight is 421 g/mol. The summed E-state index contributed by atoms with van der Waals surface area (Å²) in [6.45, 7) is 6.42. The normalized spacial score (nSPS) is 10.9. The molecule has 1 amide bonds. The van der Waals surface area contributed by atoms with Gasteiger partial charge in [-0.2, -0.15) is 5.10 Å². The maximum atomic E-state index is 12.3. The number of thioether (sulfide) groups is 1. The zero-order valence-electron chi connectivity index (χ0n) is 17.3. The fourth-order valence-corrected chi connectivity index (χ4v) is 3.66. The number of carbonyl (C=O) groups excluding carboxylic acids is 1. The number of hydrogen-bond acceptors (Lipinski definition) is 6. The molecule has 0 saturated carbocycles. The predicted octanol–water partition coefficient (Wildman–Crippen LogP) is 4.55. The number of hydrogen-bond donors (Lipinski definition) is 1. The highest BCUT2D eigenvalue weighted by atomic mass is 32.2. The summed E-state index contributed by atoms with van der Waals surface area (Å²) in [4.78, 5) is 21.2. The smallest absolute Gasteiger partial charge is 0.271 e. The molecule has 3 rings (SSSR count). The first kappa shape index (κ1) is 21.5. The Morgan fingerprint density at radius 3 is 2.50 bits per heavy atom. The van der Waals surface area contributed by atoms with Crippen LogP contribution in [0.3, 0.4) is 0 Å². The van der Waals surface area contributed by atoms with Gasteiger partial charge in [-0.05, 0) is 56.7 Å². The lowest BCUT2D eigenvalue weighted by Gasteiger charge is -2.06. The van der Waals surface area contributed by atoms with E-state index in [4.69, 9.17) is 4.74 Å². The summed E-state index contributed by atoms with van der Waals surface area (Å²) in [5.74, 6) is 1.20. The van der Waals surface area contributed by atoms with E-state index in [0.29, 0.717) is 12.2 Å². The molecule has 0 radical (unpaired) electrons. The van der Waals surface area contributed by atoms with Gasteiger partial charge >= 0.3 is 0 Å². The Balaban J connectivity index is 1.56. The van der Waals surface area contributed by atoms with Gasteiger partial charge in [0, 0.05) is 28.3 Å². The first-order chi connectivity index (χ1) is 14.5. The number of ether oxygens (including phenoxy) is 1. The van der Waals surface area contributed by atoms with Gasteiger partial charge in [0.05, 0.1) is 12.8 Å². The van der Waals surface area contributed by atoms with Gasteiger partial charge < -0.3 is 4.74 Å². The van der Waals surface area contributed by atoms with Crippen LogP contribution in [0, 0.1) is 13.8 Å². The molecule has 0 aliphatic carbocycles. The molecule has 3 aromatic rings. The molecule has 0 fully saturated rings. The first-order valence-electron chi connectivity index (χ1n) is 9.64. The van der Waals surface area contributed by atoms with E-state index in [1.807, 2.05) is 63.2 Å². The van der Waals surface area contributed by atoms with Crippen LogP contribution in [0.15, 0.2) is 64.9 Å². The number of rotatable bonds is 8. The third-order valence-corrected chi connectivity index (χ3v) is 5.05. The van der Waals surface area contributed by atoms with Crippen molar-refractivity contribution in [1.82, 2.24) is 15.4 Å². The Morgan fingerprint density at radius 2 is 1.80 bits per heavy atom. The van der Waals surface area contributed by atoms with Crippen LogP contribution in [0.1, 0.15) is 39.8 Å². The second-order valence-corrected chi connectivity index (χ2v) is 7.53. The molecule has 6 nitrogen and oxygen atoms in total. The summed E-state index contributed by atoms with van der Waals surface area (Å²) in [5, 5.41) is 4.81. The monoisotopic (exact) mass is 420 g/mol. The minimum absolute atomic E-state index is 0.267. The summed E-state index contributed by atoms with van der Waals surface area (Å²) in [5.41, 5.74) is 6.92. The SMILES string of the molecule is CCOc1ccccc1/C=N/NC(=O)c1ccc(CSc2nc(C)cc(C)n2)cc1. The van der Waals surface area contributed by atoms with Crippen molar-refractivity contribution in [3.05, 3.63) is 82.7 Å². The van der Waals surface area contributed by atoms with Crippen molar-refractivity contribution in [2.75, 3.05) is 6.61 Å². The largest absolute Gasteiger partial charge is 0.493 e. The molecule has 2 aromatic carbocycles. The summed E-state index contributed by atoms with van der Waals surface area (Å²) in [6, 6.07) is 16.9. The van der Waals surface area contributed by atoms with Crippen LogP contribution in [0.25, 0.3) is 0 Å². The highest BCUT2D eigenvalue weighted by molar-refractivity contribution is 7.98. The number of carbonyl (C=O) groups is 1. The molecule has 1 N–H and O–H groups in total. The number of nitrogens with zero attached hydrogens (tertiary/aromatic N) is 3. The molecule has 0 aliphatic rings. The third-order valence-electron chi connectivity index (χ3n) is 4.13. The lowest BCUT2D eigenvalue weighted by molar-refractivity contribution is 0.0955. The van der Waals surface area contributed by atoms with Crippen LogP contribution < -0.4 is 10.2 Å². The van der Waals surface area contributed by atoms with Crippen LogP contribution in [0.2, 0.25) is 0 Å². The van der Waals surface area contributed by atoms with Crippen LogP contribution in [0.5, 0.6) is 5.75 Å². The zero-order chi connectivity index (χ0) is 21.3. The van der Waals surface area contributed by atoms with Gasteiger partial charge in [-0.25, -0.2) is 15.4 Å². The molecule has 1 aromatic heterocycles. The molecule has 0 atom stereocenters. The van der Waals surface area contributed by atoms with Gasteiger partial charge in [0.1, 0.15) is 5.75 Å². The summed E-state index contributed by atoms with van der Waals surface area (Å²) in [7, 11) is 0. The molecule has 0 saturated heterocycles. The summed E-state index contributed by atoms with van der Waals surface area (Å²) in [6.07, 6.45) is 1.58. The number of aryl methyl sites for hydroxylation is 2. The Morgan fingerprint density at radius 1 is 1.10 bits per heavy atom. The molecule has 0 unspecified atom stereocenters. The Kier molecular flexibility index (Phi) is 7.57. The number of amides is 1. The van der Waals surface area contributed by atoms with Crippen molar-refractivity contribution < 1.29 is 9.53 Å². The van der Waals surface area contributed by atoms with Crippen molar-refractivity contribution in [2.45, 2.75) is 31.7 Å². The van der Waals surface area contributed by atoms with Gasteiger partial charge in [0.2, 0.25) is 0 Å². The van der Waals surface area contributed by atoms with Crippen molar-refractivity contribution >= 4 is 23.9 Å². The highest BCUT2D eigenvalue weighted by Crippen LogP contribution is 2.20. The third kappa shape index (κ3) is 6.15. The average Bonchev–Trinajstić information content (AvgIpc) is 2.73. The van der Waals surface area contributed by atoms with Crippen LogP contribution in [-0.4, -0.2) is 28.7 Å². The second-order valence-electron chi connectivity index (χ2n) is 6.59. The molecule has 0 bridgehead atoms. The van der Waals surface area contributed by atoms with E-state index >= 15 is 0 Å². The van der Waals surface area contributed by atoms with Gasteiger partial charge in [0.15, 0.2) is 5.16 Å². The van der Waals surface area contributed by atoms with Crippen LogP contribution in [0.4, 0.5) is 0 Å². The van der Waals surface area contributed by atoms with Gasteiger partial charge in [0.25, 0.3) is 5.91 Å². The van der Waals surface area contributed by atoms with Crippen molar-refractivity contribution in [3.8, 4) is 5.75 Å². The molecule has 30 heavy (non-hydrogen) atoms. The van der Waals surface area contributed by atoms with Crippen molar-refractivity contribution in [2.24, 2.45) is 5.10 Å². The van der Waals surface area contributed by atoms with E-state index in [-0.39, 0.29) is 5.91 Å². The molecule has 1 heterocycles. The molecule has 0 spiro atoms. The molecule has 154 valence electrons. The lowest BCUT2D eigenvalue weighted by Crippen LogP contribution is -2.17. The Bertz CT molecular complexity index is 1020. The maximum Gasteiger partial charge on any atom is 0.271 e. The quantitative estimate of drug-likeness (QED) is 0.250. The number of benzene rings is 2. The standard InChI is InChI=1S/C23H24N4O2S/c1-4-29-21-8-6-5-7-20(21)14-24-27-22(28)19-11-9-18(10-12-19)15-30-23-25-16(2)13-17(3)26-23/h5-14H,4,15H2,1-3H3,(H,27,28)/b24-14+. The highest BCUT2D eigenvalue weighted by Gasteiger charge is 2.06. The second kappa shape index (κ2) is 10.5. The zero-order valence-corrected chi connectivity index (χ0v) is 18.1. The number of aromatic nitrogens is 2. The van der Waals surface area contributed by atoms with E-state index in [1.54, 1.807) is 30.1 Å². The predicted molar refractivity (Wildman–Crippen MR) is 120 cm³/mol. The van der Waals surface area contributed by atoms with Crippen molar-refractivity contribution in [3.63, 3.8) is 0 Å². The minimum Gasteiger partial charge on any atom is -0.493 e. The number of hydrazone groups is 1. The molecular weight excluding hydrogens is 396 g/mol. The van der Waals surface area contributed by atoms with Gasteiger partial charge in [-0.15, -0.1) is 0 Å². The van der Waals surface area contributed by atoms with Crippen LogP contribution >= 0.6 is 11.8 Å². The molecule has 7 heteroatoms. The topological polar surface area (TPSA) is 76.5 Å². The van der Waals surface area contributed by atoms with E-state index in [1.165, 1.54) is 0 Å². The van der Waals surface area contributed by atoms with E-state index in [9.17, 15) is 4.79 Å². The van der Waals surface area contributed by atoms with Crippen LogP contribution in [-0.2, 0) is 5.75 Å². The summed E-state index contributed by atoms with van der Waals surface area (Å²) < 4.78 is 5.55. The maximum absolute atomic E-state index is 12.3. The number of para-hydroxylation sites is 1. The Hall–Kier alpha value is -3.19. The van der Waals surface area contributed by atoms with E-state index in [0.717, 1.165) is 39.2 Å². The lowest BCUT2D eigenvalue weighted by atomic mass is 10.1. The fraction of sp³-hybridized carbons (Fsp3) is 0.217. The van der Waals surface area contributed by atoms with E-state index < -0.39 is 0 Å². The molecular formula is C23H24N4O2S. The van der Waals surface area contributed by atoms with Gasteiger partial charge in [-0.1, -0.05) is 36.0 Å². The Labute approximate surface area is 180 Å².